The zero-order valence-corrected chi connectivity index (χ0v) is 8.50. The lowest BCUT2D eigenvalue weighted by Crippen LogP contribution is -2.19. The Morgan fingerprint density at radius 3 is 2.73 bits per heavy atom. The molecular weight excluding hydrogens is 192 g/mol. The molecule has 0 saturated carbocycles. The van der Waals surface area contributed by atoms with Crippen molar-refractivity contribution >= 4 is 11.7 Å². The van der Waals surface area contributed by atoms with Crippen LogP contribution in [0.3, 0.4) is 0 Å². The first-order valence-corrected chi connectivity index (χ1v) is 4.35. The van der Waals surface area contributed by atoms with E-state index in [1.165, 1.54) is 14.0 Å². The number of nitrogens with zero attached hydrogens (tertiary/aromatic N) is 1. The van der Waals surface area contributed by atoms with E-state index in [0.717, 1.165) is 0 Å². The summed E-state index contributed by atoms with van der Waals surface area (Å²) < 4.78 is 0. The molecule has 1 aromatic rings. The van der Waals surface area contributed by atoms with E-state index in [9.17, 15) is 9.59 Å². The van der Waals surface area contributed by atoms with Crippen molar-refractivity contribution in [2.45, 2.75) is 6.92 Å². The van der Waals surface area contributed by atoms with E-state index in [-0.39, 0.29) is 17.4 Å². The average Bonchev–Trinajstić information content (AvgIpc) is 2.25. The van der Waals surface area contributed by atoms with E-state index >= 15 is 0 Å². The fourth-order valence-corrected chi connectivity index (χ4v) is 0.911. The number of hydrogen-bond donors (Lipinski definition) is 1. The summed E-state index contributed by atoms with van der Waals surface area (Å²) in [6.07, 6.45) is 0. The van der Waals surface area contributed by atoms with Crippen molar-refractivity contribution in [2.75, 3.05) is 7.05 Å². The van der Waals surface area contributed by atoms with Crippen molar-refractivity contribution in [1.29, 1.82) is 0 Å². The van der Waals surface area contributed by atoms with Gasteiger partial charge in [-0.1, -0.05) is 6.07 Å². The van der Waals surface area contributed by atoms with Crippen LogP contribution in [0.5, 0.6) is 0 Å². The van der Waals surface area contributed by atoms with Gasteiger partial charge in [0, 0.05) is 14.0 Å². The topological polar surface area (TPSA) is 59.1 Å². The first-order valence-electron chi connectivity index (χ1n) is 4.35. The smallest absolute Gasteiger partial charge is 0.269 e. The Balaban J connectivity index is 2.99. The van der Waals surface area contributed by atoms with Gasteiger partial charge in [-0.15, -0.1) is 0 Å². The van der Waals surface area contributed by atoms with E-state index in [0.29, 0.717) is 5.69 Å². The van der Waals surface area contributed by atoms with Gasteiger partial charge in [0.1, 0.15) is 11.4 Å². The van der Waals surface area contributed by atoms with Gasteiger partial charge in [0.25, 0.3) is 5.91 Å². The molecule has 0 bridgehead atoms. The summed E-state index contributed by atoms with van der Waals surface area (Å²) in [7, 11) is 1.53. The molecular formula is C11H10N2O2. The fraction of sp³-hybridized carbons (Fsp3) is 0.182. The number of aromatic nitrogens is 1. The highest BCUT2D eigenvalue weighted by Gasteiger charge is 2.03. The Bertz CT molecular complexity index is 455. The first-order chi connectivity index (χ1) is 7.13. The summed E-state index contributed by atoms with van der Waals surface area (Å²) in [5.41, 5.74) is 0.694. The number of amides is 1. The summed E-state index contributed by atoms with van der Waals surface area (Å²) >= 11 is 0. The van der Waals surface area contributed by atoms with Gasteiger partial charge in [0.2, 0.25) is 5.78 Å². The molecule has 15 heavy (non-hydrogen) atoms. The lowest BCUT2D eigenvalue weighted by Gasteiger charge is -1.98. The van der Waals surface area contributed by atoms with Gasteiger partial charge in [0.05, 0.1) is 0 Å². The maximum absolute atomic E-state index is 11.2. The third-order valence-corrected chi connectivity index (χ3v) is 1.58. The predicted octanol–water partition coefficient (Wildman–Crippen LogP) is 0.382. The van der Waals surface area contributed by atoms with Gasteiger partial charge in [0.15, 0.2) is 0 Å². The molecule has 4 heteroatoms. The molecule has 1 amide bonds. The van der Waals surface area contributed by atoms with Crippen LogP contribution >= 0.6 is 0 Å². The molecule has 4 nitrogen and oxygen atoms in total. The Morgan fingerprint density at radius 2 is 2.13 bits per heavy atom. The van der Waals surface area contributed by atoms with E-state index < -0.39 is 0 Å². The molecule has 0 radical (unpaired) electrons. The zero-order valence-electron chi connectivity index (χ0n) is 8.50. The van der Waals surface area contributed by atoms with Crippen LogP contribution in [-0.2, 0) is 4.79 Å². The van der Waals surface area contributed by atoms with Crippen LogP contribution in [0.2, 0.25) is 0 Å². The summed E-state index contributed by atoms with van der Waals surface area (Å²) in [6.45, 7) is 1.37. The second-order valence-corrected chi connectivity index (χ2v) is 2.79. The fourth-order valence-electron chi connectivity index (χ4n) is 0.911. The molecule has 1 N–H and O–H groups in total. The van der Waals surface area contributed by atoms with Gasteiger partial charge >= 0.3 is 0 Å². The minimum absolute atomic E-state index is 0.234. The van der Waals surface area contributed by atoms with Gasteiger partial charge in [-0.2, -0.15) is 0 Å². The summed E-state index contributed by atoms with van der Waals surface area (Å²) in [5, 5.41) is 2.46. The molecule has 0 aliphatic heterocycles. The van der Waals surface area contributed by atoms with Gasteiger partial charge < -0.3 is 5.32 Å². The molecule has 0 aliphatic rings. The minimum atomic E-state index is -0.276. The third-order valence-electron chi connectivity index (χ3n) is 1.58. The molecule has 0 aromatic carbocycles. The maximum Gasteiger partial charge on any atom is 0.269 e. The van der Waals surface area contributed by atoms with Gasteiger partial charge in [-0.3, -0.25) is 9.59 Å². The average molecular weight is 202 g/mol. The third kappa shape index (κ3) is 3.24. The van der Waals surface area contributed by atoms with Crippen LogP contribution in [0, 0.1) is 11.8 Å². The van der Waals surface area contributed by atoms with E-state index in [1.54, 1.807) is 18.2 Å². The summed E-state index contributed by atoms with van der Waals surface area (Å²) in [5.74, 6) is 4.43. The molecule has 1 aromatic heterocycles. The number of Topliss-reactive ketones (excluding diaryl/α,β-unsaturated/α-hetero) is 1. The van der Waals surface area contributed by atoms with Crippen molar-refractivity contribution in [3.05, 3.63) is 29.6 Å². The first kappa shape index (κ1) is 10.9. The minimum Gasteiger partial charge on any atom is -0.354 e. The van der Waals surface area contributed by atoms with Crippen LogP contribution in [0.15, 0.2) is 18.2 Å². The van der Waals surface area contributed by atoms with E-state index in [1.807, 2.05) is 0 Å². The number of hydrogen-bond acceptors (Lipinski definition) is 3. The Hall–Kier alpha value is -2.15. The van der Waals surface area contributed by atoms with Crippen molar-refractivity contribution in [1.82, 2.24) is 10.3 Å². The quantitative estimate of drug-likeness (QED) is 0.670. The van der Waals surface area contributed by atoms with Crippen LogP contribution in [0.25, 0.3) is 0 Å². The highest BCUT2D eigenvalue weighted by atomic mass is 16.1. The highest BCUT2D eigenvalue weighted by molar-refractivity contribution is 5.94. The monoisotopic (exact) mass is 202 g/mol. The standard InChI is InChI=1S/C11H10N2O2/c1-8(14)6-7-9-4-3-5-10(13-9)11(15)12-2/h3-5H,1-2H3,(H,12,15). The maximum atomic E-state index is 11.2. The molecule has 1 heterocycles. The van der Waals surface area contributed by atoms with E-state index in [2.05, 4.69) is 22.1 Å². The van der Waals surface area contributed by atoms with Crippen LogP contribution in [-0.4, -0.2) is 23.7 Å². The normalized spacial score (nSPS) is 8.67. The lowest BCUT2D eigenvalue weighted by molar-refractivity contribution is -0.111. The van der Waals surface area contributed by atoms with Crippen molar-refractivity contribution in [2.24, 2.45) is 0 Å². The Kier molecular flexibility index (Phi) is 3.58. The lowest BCUT2D eigenvalue weighted by atomic mass is 10.3. The summed E-state index contributed by atoms with van der Waals surface area (Å²) in [6, 6.07) is 4.89. The molecule has 0 aliphatic carbocycles. The molecule has 0 spiro atoms. The van der Waals surface area contributed by atoms with Gasteiger partial charge in [-0.05, 0) is 24.0 Å². The molecule has 1 rings (SSSR count). The van der Waals surface area contributed by atoms with Crippen LogP contribution < -0.4 is 5.32 Å². The molecule has 0 atom stereocenters. The molecule has 76 valence electrons. The molecule has 0 fully saturated rings. The van der Waals surface area contributed by atoms with Crippen molar-refractivity contribution in [3.63, 3.8) is 0 Å². The van der Waals surface area contributed by atoms with Crippen molar-refractivity contribution < 1.29 is 9.59 Å². The second kappa shape index (κ2) is 4.91. The number of rotatable bonds is 1. The second-order valence-electron chi connectivity index (χ2n) is 2.79. The predicted molar refractivity (Wildman–Crippen MR) is 55.2 cm³/mol. The Morgan fingerprint density at radius 1 is 1.40 bits per heavy atom. The largest absolute Gasteiger partial charge is 0.354 e. The Labute approximate surface area is 87.7 Å². The zero-order chi connectivity index (χ0) is 11.3. The highest BCUT2D eigenvalue weighted by Crippen LogP contribution is 1.97. The number of carbonyl (C=O) groups excluding carboxylic acids is 2. The molecule has 0 unspecified atom stereocenters. The van der Waals surface area contributed by atoms with Gasteiger partial charge in [-0.25, -0.2) is 4.98 Å². The number of pyridine rings is 1. The van der Waals surface area contributed by atoms with Crippen LogP contribution in [0.1, 0.15) is 23.1 Å². The molecule has 0 saturated heterocycles. The SMILES string of the molecule is CNC(=O)c1cccc(C#CC(C)=O)n1. The number of ketones is 1. The van der Waals surface area contributed by atoms with E-state index in [4.69, 9.17) is 0 Å². The number of carbonyl (C=O) groups is 2. The summed E-state index contributed by atoms with van der Waals surface area (Å²) in [4.78, 5) is 25.8. The van der Waals surface area contributed by atoms with Crippen molar-refractivity contribution in [3.8, 4) is 11.8 Å². The number of nitrogens with one attached hydrogen (secondary N) is 1. The van der Waals surface area contributed by atoms with Crippen LogP contribution in [0.4, 0.5) is 0 Å².